The maximum absolute atomic E-state index is 13.0. The lowest BCUT2D eigenvalue weighted by atomic mass is 10.1. The third-order valence-electron chi connectivity index (χ3n) is 4.77. The number of hydrogen-bond donors (Lipinski definition) is 1. The maximum atomic E-state index is 13.0. The lowest BCUT2D eigenvalue weighted by molar-refractivity contribution is -0.125. The van der Waals surface area contributed by atoms with E-state index in [2.05, 4.69) is 20.6 Å². The summed E-state index contributed by atoms with van der Waals surface area (Å²) in [7, 11) is 0. The summed E-state index contributed by atoms with van der Waals surface area (Å²) in [4.78, 5) is 31.0. The van der Waals surface area contributed by atoms with Crippen LogP contribution in [0.15, 0.2) is 58.4 Å². The van der Waals surface area contributed by atoms with E-state index in [1.54, 1.807) is 17.7 Å². The summed E-state index contributed by atoms with van der Waals surface area (Å²) in [6, 6.07) is 14.8. The van der Waals surface area contributed by atoms with Crippen LogP contribution in [-0.2, 0) is 9.53 Å². The largest absolute Gasteiger partial charge is 0.446 e. The van der Waals surface area contributed by atoms with Gasteiger partial charge in [-0.2, -0.15) is 4.98 Å². The number of nitrogens with one attached hydrogen (secondary N) is 1. The van der Waals surface area contributed by atoms with Gasteiger partial charge in [-0.25, -0.2) is 9.48 Å². The zero-order valence-electron chi connectivity index (χ0n) is 18.2. The second kappa shape index (κ2) is 10.2. The number of hydrogen-bond acceptors (Lipinski definition) is 8. The normalized spacial score (nSPS) is 11.8. The van der Waals surface area contributed by atoms with Crippen molar-refractivity contribution in [2.24, 2.45) is 0 Å². The van der Waals surface area contributed by atoms with Gasteiger partial charge in [-0.15, -0.1) is 16.4 Å². The molecule has 0 aliphatic heterocycles. The molecule has 0 spiro atoms. The van der Waals surface area contributed by atoms with Crippen molar-refractivity contribution in [2.75, 3.05) is 5.32 Å². The molecular formula is C23H23N5O4S. The molecule has 1 atom stereocenters. The number of thiophene rings is 1. The smallest absolute Gasteiger partial charge is 0.379 e. The van der Waals surface area contributed by atoms with E-state index < -0.39 is 18.0 Å². The van der Waals surface area contributed by atoms with Crippen LogP contribution < -0.4 is 5.32 Å². The monoisotopic (exact) mass is 465 g/mol. The van der Waals surface area contributed by atoms with E-state index in [0.29, 0.717) is 24.4 Å². The summed E-state index contributed by atoms with van der Waals surface area (Å²) in [6.07, 6.45) is 0.897. The van der Waals surface area contributed by atoms with Gasteiger partial charge in [0.1, 0.15) is 5.76 Å². The minimum atomic E-state index is -1.01. The van der Waals surface area contributed by atoms with Crippen LogP contribution in [-0.4, -0.2) is 37.9 Å². The molecule has 0 fully saturated rings. The Morgan fingerprint density at radius 1 is 1.21 bits per heavy atom. The van der Waals surface area contributed by atoms with Gasteiger partial charge in [0.25, 0.3) is 11.7 Å². The molecule has 0 bridgehead atoms. The van der Waals surface area contributed by atoms with E-state index in [-0.39, 0.29) is 11.6 Å². The molecule has 33 heavy (non-hydrogen) atoms. The Bertz CT molecular complexity index is 1220. The van der Waals surface area contributed by atoms with Crippen LogP contribution in [0.25, 0.3) is 16.4 Å². The molecule has 1 amide bonds. The molecule has 3 aromatic heterocycles. The van der Waals surface area contributed by atoms with Gasteiger partial charge in [-0.05, 0) is 43.3 Å². The van der Waals surface area contributed by atoms with Gasteiger partial charge in [0.15, 0.2) is 17.7 Å². The number of aromatic nitrogens is 4. The third-order valence-corrected chi connectivity index (χ3v) is 5.64. The number of ether oxygens (including phenoxy) is 1. The van der Waals surface area contributed by atoms with E-state index in [1.807, 2.05) is 54.8 Å². The molecule has 4 aromatic rings. The minimum Gasteiger partial charge on any atom is -0.446 e. The average molecular weight is 466 g/mol. The fraction of sp³-hybridized carbons (Fsp3) is 0.261. The number of benzene rings is 1. The van der Waals surface area contributed by atoms with Crippen molar-refractivity contribution in [1.29, 1.82) is 0 Å². The molecule has 1 N–H and O–H groups in total. The van der Waals surface area contributed by atoms with Crippen molar-refractivity contribution in [3.63, 3.8) is 0 Å². The quantitative estimate of drug-likeness (QED) is 0.358. The van der Waals surface area contributed by atoms with E-state index in [9.17, 15) is 9.59 Å². The predicted molar refractivity (Wildman–Crippen MR) is 123 cm³/mol. The first-order valence-corrected chi connectivity index (χ1v) is 11.4. The molecule has 0 radical (unpaired) electrons. The van der Waals surface area contributed by atoms with Gasteiger partial charge >= 0.3 is 5.97 Å². The third kappa shape index (κ3) is 5.35. The van der Waals surface area contributed by atoms with Crippen LogP contribution in [0.1, 0.15) is 42.6 Å². The Balaban J connectivity index is 1.58. The number of carbonyl (C=O) groups is 2. The standard InChI is InChI=1S/C23H23N5O4S/c1-3-4-11-17(22(29)24-19-14-15(2)32-27-19)31-23(30)20-25-21(18-12-8-13-33-18)28(26-20)16-9-6-5-7-10-16/h5-10,12-14,17H,3-4,11H2,1-2H3,(H,24,27,29). The van der Waals surface area contributed by atoms with E-state index >= 15 is 0 Å². The zero-order valence-corrected chi connectivity index (χ0v) is 19.0. The van der Waals surface area contributed by atoms with Crippen LogP contribution in [0, 0.1) is 6.92 Å². The molecule has 3 heterocycles. The molecule has 170 valence electrons. The molecule has 10 heteroatoms. The number of carbonyl (C=O) groups excluding carboxylic acids is 2. The molecule has 0 aliphatic carbocycles. The molecule has 0 saturated heterocycles. The Morgan fingerprint density at radius 2 is 2.03 bits per heavy atom. The lowest BCUT2D eigenvalue weighted by Crippen LogP contribution is -2.33. The molecule has 0 saturated carbocycles. The average Bonchev–Trinajstić information content (AvgIpc) is 3.57. The second-order valence-electron chi connectivity index (χ2n) is 7.33. The van der Waals surface area contributed by atoms with Crippen molar-refractivity contribution in [1.82, 2.24) is 19.9 Å². The molecule has 1 unspecified atom stereocenters. The number of unbranched alkanes of at least 4 members (excludes halogenated alkanes) is 1. The van der Waals surface area contributed by atoms with E-state index in [4.69, 9.17) is 9.26 Å². The van der Waals surface area contributed by atoms with Crippen molar-refractivity contribution in [3.8, 4) is 16.4 Å². The topological polar surface area (TPSA) is 112 Å². The molecule has 1 aromatic carbocycles. The van der Waals surface area contributed by atoms with Gasteiger partial charge in [-0.1, -0.05) is 42.8 Å². The lowest BCUT2D eigenvalue weighted by Gasteiger charge is -2.15. The molecule has 4 rings (SSSR count). The SMILES string of the molecule is CCCCC(OC(=O)c1nc(-c2cccs2)n(-c2ccccc2)n1)C(=O)Nc1cc(C)on1. The number of amides is 1. The summed E-state index contributed by atoms with van der Waals surface area (Å²) in [5, 5.41) is 12.7. The summed E-state index contributed by atoms with van der Waals surface area (Å²) < 4.78 is 12.1. The number of rotatable bonds is 9. The zero-order chi connectivity index (χ0) is 23.2. The second-order valence-corrected chi connectivity index (χ2v) is 8.28. The number of anilines is 1. The van der Waals surface area contributed by atoms with Crippen LogP contribution in [0.2, 0.25) is 0 Å². The fourth-order valence-corrected chi connectivity index (χ4v) is 3.86. The number of para-hydroxylation sites is 1. The maximum Gasteiger partial charge on any atom is 0.379 e. The Kier molecular flexibility index (Phi) is 6.94. The highest BCUT2D eigenvalue weighted by atomic mass is 32.1. The molecule has 0 aliphatic rings. The molecule has 9 nitrogen and oxygen atoms in total. The van der Waals surface area contributed by atoms with Crippen molar-refractivity contribution >= 4 is 29.0 Å². The highest BCUT2D eigenvalue weighted by Crippen LogP contribution is 2.26. The van der Waals surface area contributed by atoms with E-state index in [1.165, 1.54) is 11.3 Å². The van der Waals surface area contributed by atoms with Crippen LogP contribution >= 0.6 is 11.3 Å². The highest BCUT2D eigenvalue weighted by Gasteiger charge is 2.27. The summed E-state index contributed by atoms with van der Waals surface area (Å²) in [5.41, 5.74) is 0.758. The Hall–Kier alpha value is -3.79. The predicted octanol–water partition coefficient (Wildman–Crippen LogP) is 4.65. The van der Waals surface area contributed by atoms with Crippen molar-refractivity contribution in [2.45, 2.75) is 39.2 Å². The first kappa shape index (κ1) is 22.4. The first-order chi connectivity index (χ1) is 16.0. The van der Waals surface area contributed by atoms with Gasteiger partial charge in [0.05, 0.1) is 10.6 Å². The first-order valence-electron chi connectivity index (χ1n) is 10.6. The number of aryl methyl sites for hydroxylation is 1. The van der Waals surface area contributed by atoms with Gasteiger partial charge in [0, 0.05) is 6.07 Å². The van der Waals surface area contributed by atoms with Gasteiger partial charge in [-0.3, -0.25) is 4.79 Å². The minimum absolute atomic E-state index is 0.117. The highest BCUT2D eigenvalue weighted by molar-refractivity contribution is 7.13. The van der Waals surface area contributed by atoms with Crippen LogP contribution in [0.4, 0.5) is 5.82 Å². The summed E-state index contributed by atoms with van der Waals surface area (Å²) in [6.45, 7) is 3.71. The van der Waals surface area contributed by atoms with Gasteiger partial charge < -0.3 is 14.6 Å². The van der Waals surface area contributed by atoms with Crippen LogP contribution in [0.3, 0.4) is 0 Å². The number of nitrogens with zero attached hydrogens (tertiary/aromatic N) is 4. The van der Waals surface area contributed by atoms with Crippen LogP contribution in [0.5, 0.6) is 0 Å². The van der Waals surface area contributed by atoms with Crippen molar-refractivity contribution in [3.05, 3.63) is 65.5 Å². The number of esters is 1. The summed E-state index contributed by atoms with van der Waals surface area (Å²) in [5.74, 6) is -0.0172. The van der Waals surface area contributed by atoms with Gasteiger partial charge in [0.2, 0.25) is 0 Å². The summed E-state index contributed by atoms with van der Waals surface area (Å²) >= 11 is 1.49. The van der Waals surface area contributed by atoms with Crippen molar-refractivity contribution < 1.29 is 18.8 Å². The Morgan fingerprint density at radius 3 is 2.70 bits per heavy atom. The Labute approximate surface area is 194 Å². The van der Waals surface area contributed by atoms with E-state index in [0.717, 1.165) is 17.0 Å². The fourth-order valence-electron chi connectivity index (χ4n) is 3.16. The molecular weight excluding hydrogens is 442 g/mol.